The Morgan fingerprint density at radius 2 is 2.19 bits per heavy atom. The summed E-state index contributed by atoms with van der Waals surface area (Å²) in [5, 5.41) is 22.5. The monoisotopic (exact) mass is 232 g/mol. The normalized spacial score (nSPS) is 11.1. The van der Waals surface area contributed by atoms with Crippen molar-refractivity contribution >= 4 is 16.3 Å². The fourth-order valence-electron chi connectivity index (χ4n) is 1.47. The minimum atomic E-state index is 0.236. The Balaban J connectivity index is 2.19. The number of aryl methyl sites for hydroxylation is 1. The highest BCUT2D eigenvalue weighted by molar-refractivity contribution is 7.19. The van der Waals surface area contributed by atoms with Gasteiger partial charge in [0.25, 0.3) is 0 Å². The molecule has 0 amide bonds. The van der Waals surface area contributed by atoms with Crippen molar-refractivity contribution in [2.45, 2.75) is 6.92 Å². The molecule has 0 radical (unpaired) electrons. The summed E-state index contributed by atoms with van der Waals surface area (Å²) in [6.07, 6.45) is 0. The zero-order valence-corrected chi connectivity index (χ0v) is 9.27. The van der Waals surface area contributed by atoms with Crippen molar-refractivity contribution < 1.29 is 5.11 Å². The van der Waals surface area contributed by atoms with Crippen LogP contribution >= 0.6 is 11.3 Å². The molecule has 2 aromatic heterocycles. The van der Waals surface area contributed by atoms with Crippen LogP contribution in [0.3, 0.4) is 0 Å². The number of hydrogen-bond donors (Lipinski definition) is 1. The highest BCUT2D eigenvalue weighted by atomic mass is 32.1. The SMILES string of the molecule is Cc1nnc2sc(-c3cccc(O)c3)nn12. The van der Waals surface area contributed by atoms with Gasteiger partial charge in [-0.1, -0.05) is 23.5 Å². The highest BCUT2D eigenvalue weighted by Gasteiger charge is 2.10. The van der Waals surface area contributed by atoms with Gasteiger partial charge in [0.05, 0.1) is 0 Å². The van der Waals surface area contributed by atoms with Crippen LogP contribution < -0.4 is 0 Å². The fourth-order valence-corrected chi connectivity index (χ4v) is 2.35. The molecule has 16 heavy (non-hydrogen) atoms. The Bertz CT molecular complexity index is 658. The Morgan fingerprint density at radius 3 is 2.94 bits per heavy atom. The minimum Gasteiger partial charge on any atom is -0.508 e. The maximum Gasteiger partial charge on any atom is 0.234 e. The molecule has 2 heterocycles. The van der Waals surface area contributed by atoms with Gasteiger partial charge in [-0.2, -0.15) is 9.61 Å². The van der Waals surface area contributed by atoms with Gasteiger partial charge < -0.3 is 5.11 Å². The molecule has 1 aromatic carbocycles. The first-order chi connectivity index (χ1) is 7.74. The van der Waals surface area contributed by atoms with Crippen LogP contribution in [0.5, 0.6) is 5.75 Å². The third-order valence-electron chi connectivity index (χ3n) is 2.24. The van der Waals surface area contributed by atoms with Crippen molar-refractivity contribution in [2.75, 3.05) is 0 Å². The second-order valence-electron chi connectivity index (χ2n) is 3.40. The molecule has 0 atom stereocenters. The number of aromatic nitrogens is 4. The van der Waals surface area contributed by atoms with Gasteiger partial charge in [-0.25, -0.2) is 0 Å². The van der Waals surface area contributed by atoms with Crippen LogP contribution in [0.2, 0.25) is 0 Å². The maximum atomic E-state index is 9.40. The Morgan fingerprint density at radius 1 is 1.31 bits per heavy atom. The number of fused-ring (bicyclic) bond motifs is 1. The lowest BCUT2D eigenvalue weighted by Gasteiger charge is -1.95. The minimum absolute atomic E-state index is 0.236. The number of benzene rings is 1. The zero-order chi connectivity index (χ0) is 11.1. The third kappa shape index (κ3) is 1.35. The summed E-state index contributed by atoms with van der Waals surface area (Å²) >= 11 is 1.45. The quantitative estimate of drug-likeness (QED) is 0.695. The van der Waals surface area contributed by atoms with Crippen molar-refractivity contribution in [3.8, 4) is 16.3 Å². The first kappa shape index (κ1) is 9.29. The topological polar surface area (TPSA) is 63.3 Å². The van der Waals surface area contributed by atoms with Gasteiger partial charge in [0.15, 0.2) is 5.82 Å². The van der Waals surface area contributed by atoms with Gasteiger partial charge in [0, 0.05) is 5.56 Å². The number of phenols is 1. The van der Waals surface area contributed by atoms with E-state index in [0.717, 1.165) is 21.4 Å². The van der Waals surface area contributed by atoms with Crippen molar-refractivity contribution in [3.05, 3.63) is 30.1 Å². The van der Waals surface area contributed by atoms with E-state index in [1.54, 1.807) is 22.7 Å². The lowest BCUT2D eigenvalue weighted by molar-refractivity contribution is 0.475. The summed E-state index contributed by atoms with van der Waals surface area (Å²) in [5.41, 5.74) is 0.884. The molecule has 0 spiro atoms. The van der Waals surface area contributed by atoms with E-state index >= 15 is 0 Å². The smallest absolute Gasteiger partial charge is 0.234 e. The van der Waals surface area contributed by atoms with E-state index in [1.165, 1.54) is 11.3 Å². The van der Waals surface area contributed by atoms with Crippen molar-refractivity contribution in [1.82, 2.24) is 19.8 Å². The molecule has 0 bridgehead atoms. The van der Waals surface area contributed by atoms with Gasteiger partial charge in [-0.15, -0.1) is 10.2 Å². The van der Waals surface area contributed by atoms with E-state index < -0.39 is 0 Å². The Hall–Kier alpha value is -1.95. The lowest BCUT2D eigenvalue weighted by Crippen LogP contribution is -1.88. The molecule has 0 aliphatic rings. The molecular weight excluding hydrogens is 224 g/mol. The average molecular weight is 232 g/mol. The predicted octanol–water partition coefficient (Wildman–Crippen LogP) is 1.87. The van der Waals surface area contributed by atoms with E-state index in [0.29, 0.717) is 0 Å². The van der Waals surface area contributed by atoms with Crippen molar-refractivity contribution in [1.29, 1.82) is 0 Å². The van der Waals surface area contributed by atoms with E-state index in [-0.39, 0.29) is 5.75 Å². The van der Waals surface area contributed by atoms with Crippen LogP contribution in [0.25, 0.3) is 15.5 Å². The second-order valence-corrected chi connectivity index (χ2v) is 4.36. The molecule has 3 rings (SSSR count). The molecular formula is C10H8N4OS. The number of rotatable bonds is 1. The maximum absolute atomic E-state index is 9.40. The Labute approximate surface area is 95.0 Å². The standard InChI is InChI=1S/C10H8N4OS/c1-6-11-12-10-14(6)13-9(16-10)7-3-2-4-8(15)5-7/h2-5,15H,1H3. The molecule has 0 saturated carbocycles. The average Bonchev–Trinajstić information content (AvgIpc) is 2.81. The number of phenolic OH excluding ortho intramolecular Hbond substituents is 1. The zero-order valence-electron chi connectivity index (χ0n) is 8.45. The van der Waals surface area contributed by atoms with E-state index in [1.807, 2.05) is 13.0 Å². The molecule has 0 aliphatic heterocycles. The van der Waals surface area contributed by atoms with Crippen LogP contribution in [-0.4, -0.2) is 24.9 Å². The molecule has 5 nitrogen and oxygen atoms in total. The molecule has 80 valence electrons. The molecule has 1 N–H and O–H groups in total. The number of aromatic hydroxyl groups is 1. The molecule has 3 aromatic rings. The van der Waals surface area contributed by atoms with Crippen LogP contribution in [0, 0.1) is 6.92 Å². The lowest BCUT2D eigenvalue weighted by atomic mass is 10.2. The number of hydrogen-bond acceptors (Lipinski definition) is 5. The molecule has 0 unspecified atom stereocenters. The number of nitrogens with zero attached hydrogens (tertiary/aromatic N) is 4. The first-order valence-corrected chi connectivity index (χ1v) is 5.54. The first-order valence-electron chi connectivity index (χ1n) is 4.72. The van der Waals surface area contributed by atoms with Gasteiger partial charge in [0.2, 0.25) is 4.96 Å². The van der Waals surface area contributed by atoms with Crippen LogP contribution in [0.15, 0.2) is 24.3 Å². The second kappa shape index (κ2) is 3.28. The van der Waals surface area contributed by atoms with E-state index in [9.17, 15) is 5.11 Å². The van der Waals surface area contributed by atoms with E-state index in [4.69, 9.17) is 0 Å². The molecule has 0 saturated heterocycles. The summed E-state index contributed by atoms with van der Waals surface area (Å²) < 4.78 is 1.70. The van der Waals surface area contributed by atoms with Gasteiger partial charge >= 0.3 is 0 Å². The largest absolute Gasteiger partial charge is 0.508 e. The Kier molecular flexibility index (Phi) is 1.90. The van der Waals surface area contributed by atoms with E-state index in [2.05, 4.69) is 15.3 Å². The fraction of sp³-hybridized carbons (Fsp3) is 0.100. The molecule has 6 heteroatoms. The van der Waals surface area contributed by atoms with Crippen molar-refractivity contribution in [3.63, 3.8) is 0 Å². The van der Waals surface area contributed by atoms with Crippen LogP contribution in [-0.2, 0) is 0 Å². The summed E-state index contributed by atoms with van der Waals surface area (Å²) in [4.78, 5) is 0.760. The highest BCUT2D eigenvalue weighted by Crippen LogP contribution is 2.27. The summed E-state index contributed by atoms with van der Waals surface area (Å²) in [6, 6.07) is 7.01. The van der Waals surface area contributed by atoms with Crippen LogP contribution in [0.4, 0.5) is 0 Å². The summed E-state index contributed by atoms with van der Waals surface area (Å²) in [7, 11) is 0. The molecule has 0 aliphatic carbocycles. The molecule has 0 fully saturated rings. The van der Waals surface area contributed by atoms with Gasteiger partial charge in [-0.05, 0) is 19.1 Å². The summed E-state index contributed by atoms with van der Waals surface area (Å²) in [5.74, 6) is 0.998. The van der Waals surface area contributed by atoms with Crippen molar-refractivity contribution in [2.24, 2.45) is 0 Å². The third-order valence-corrected chi connectivity index (χ3v) is 3.19. The summed E-state index contributed by atoms with van der Waals surface area (Å²) in [6.45, 7) is 1.85. The van der Waals surface area contributed by atoms with Gasteiger partial charge in [-0.3, -0.25) is 0 Å². The van der Waals surface area contributed by atoms with Crippen LogP contribution in [0.1, 0.15) is 5.82 Å². The van der Waals surface area contributed by atoms with Gasteiger partial charge in [0.1, 0.15) is 10.8 Å². The predicted molar refractivity (Wildman–Crippen MR) is 60.5 cm³/mol.